The number of nitrogens with zero attached hydrogens (tertiary/aromatic N) is 4. The highest BCUT2D eigenvalue weighted by atomic mass is 16.6. The molecular weight excluding hydrogens is 406 g/mol. The number of fused-ring (bicyclic) bond motifs is 4. The molecule has 2 saturated heterocycles. The number of hydrogen-bond donors (Lipinski definition) is 1. The largest absolute Gasteiger partial charge is 0.383 e. The molecule has 3 aliphatic rings. The van der Waals surface area contributed by atoms with Gasteiger partial charge in [-0.05, 0) is 18.2 Å². The average molecular weight is 431 g/mol. The first-order valence-electron chi connectivity index (χ1n) is 10.3. The first-order valence-corrected chi connectivity index (χ1v) is 10.3. The molecule has 0 bridgehead atoms. The maximum atomic E-state index is 13.7. The van der Waals surface area contributed by atoms with Gasteiger partial charge in [0.1, 0.15) is 0 Å². The summed E-state index contributed by atoms with van der Waals surface area (Å²) in [6.45, 7) is 4.70. The number of rotatable bonds is 5. The maximum absolute atomic E-state index is 13.7. The molecule has 0 aromatic heterocycles. The number of amides is 4. The summed E-state index contributed by atoms with van der Waals surface area (Å²) in [6.07, 6.45) is -0.00976. The molecule has 4 rings (SSSR count). The van der Waals surface area contributed by atoms with Crippen LogP contribution in [0.4, 0.5) is 16.2 Å². The van der Waals surface area contributed by atoms with Gasteiger partial charge >= 0.3 is 6.03 Å². The molecule has 31 heavy (non-hydrogen) atoms. The Labute approximate surface area is 179 Å². The van der Waals surface area contributed by atoms with Crippen LogP contribution < -0.4 is 10.2 Å². The fraction of sp³-hybridized carbons (Fsp3) is 0.550. The molecule has 0 radical (unpaired) electrons. The number of nitro benzene ring substituents is 1. The predicted octanol–water partition coefficient (Wildman–Crippen LogP) is 0.373. The second-order valence-electron chi connectivity index (χ2n) is 8.03. The molecule has 1 aromatic rings. The third kappa shape index (κ3) is 3.24. The third-order valence-corrected chi connectivity index (χ3v) is 6.55. The molecule has 0 unspecified atom stereocenters. The Kier molecular flexibility index (Phi) is 5.40. The molecule has 3 heterocycles. The number of nitro groups is 1. The molecule has 1 N–H and O–H groups in total. The van der Waals surface area contributed by atoms with Gasteiger partial charge in [0.15, 0.2) is 5.41 Å². The molecule has 4 amide bonds. The van der Waals surface area contributed by atoms with Crippen molar-refractivity contribution in [1.82, 2.24) is 15.1 Å². The second-order valence-corrected chi connectivity index (χ2v) is 8.03. The van der Waals surface area contributed by atoms with Gasteiger partial charge in [0.2, 0.25) is 11.8 Å². The number of non-ortho nitro benzene ring substituents is 1. The zero-order chi connectivity index (χ0) is 22.3. The molecule has 11 nitrogen and oxygen atoms in total. The summed E-state index contributed by atoms with van der Waals surface area (Å²) in [5.41, 5.74) is -0.314. The van der Waals surface area contributed by atoms with Gasteiger partial charge in [-0.1, -0.05) is 6.92 Å². The van der Waals surface area contributed by atoms with E-state index < -0.39 is 34.2 Å². The van der Waals surface area contributed by atoms with Gasteiger partial charge in [-0.15, -0.1) is 0 Å². The summed E-state index contributed by atoms with van der Waals surface area (Å²) in [6, 6.07) is 3.29. The van der Waals surface area contributed by atoms with Crippen LogP contribution in [0.2, 0.25) is 0 Å². The normalized spacial score (nSPS) is 26.0. The quantitative estimate of drug-likeness (QED) is 0.403. The molecule has 11 heteroatoms. The van der Waals surface area contributed by atoms with E-state index in [4.69, 9.17) is 4.74 Å². The number of hydrogen-bond acceptors (Lipinski definition) is 8. The Bertz CT molecular complexity index is 952. The van der Waals surface area contributed by atoms with Crippen LogP contribution in [0, 0.1) is 15.5 Å². The molecule has 0 saturated carbocycles. The molecule has 2 atom stereocenters. The van der Waals surface area contributed by atoms with Crippen LogP contribution in [0.25, 0.3) is 0 Å². The fourth-order valence-electron chi connectivity index (χ4n) is 4.90. The topological polar surface area (TPSA) is 125 Å². The number of anilines is 1. The Morgan fingerprint density at radius 2 is 2.06 bits per heavy atom. The summed E-state index contributed by atoms with van der Waals surface area (Å²) in [7, 11) is 1.46. The molecule has 166 valence electrons. The molecule has 1 spiro atoms. The number of barbiturate groups is 1. The number of methoxy groups -OCH3 is 1. The minimum absolute atomic E-state index is 0.00976. The van der Waals surface area contributed by atoms with E-state index in [0.29, 0.717) is 18.7 Å². The Hall–Kier alpha value is -3.05. The van der Waals surface area contributed by atoms with Gasteiger partial charge < -0.3 is 9.64 Å². The fourth-order valence-corrected chi connectivity index (χ4v) is 4.90. The van der Waals surface area contributed by atoms with Crippen LogP contribution in [-0.2, 0) is 20.7 Å². The summed E-state index contributed by atoms with van der Waals surface area (Å²) in [5, 5.41) is 13.7. The van der Waals surface area contributed by atoms with Gasteiger partial charge in [0, 0.05) is 51.0 Å². The van der Waals surface area contributed by atoms with Crippen molar-refractivity contribution in [1.29, 1.82) is 0 Å². The van der Waals surface area contributed by atoms with Crippen molar-refractivity contribution >= 4 is 29.2 Å². The van der Waals surface area contributed by atoms with E-state index in [0.717, 1.165) is 23.7 Å². The number of likely N-dealkylation sites (N-methyl/N-ethyl adjacent to an activating group) is 1. The number of carbonyl (C=O) groups is 3. The van der Waals surface area contributed by atoms with E-state index in [-0.39, 0.29) is 25.3 Å². The lowest BCUT2D eigenvalue weighted by atomic mass is 9.67. The minimum atomic E-state index is -1.56. The van der Waals surface area contributed by atoms with Crippen molar-refractivity contribution in [3.63, 3.8) is 0 Å². The predicted molar refractivity (Wildman–Crippen MR) is 110 cm³/mol. The van der Waals surface area contributed by atoms with Crippen LogP contribution in [0.5, 0.6) is 0 Å². The van der Waals surface area contributed by atoms with Gasteiger partial charge in [0.25, 0.3) is 5.69 Å². The lowest BCUT2D eigenvalue weighted by Crippen LogP contribution is -2.75. The van der Waals surface area contributed by atoms with Crippen LogP contribution >= 0.6 is 0 Å². The summed E-state index contributed by atoms with van der Waals surface area (Å²) < 4.78 is 5.03. The molecule has 0 aliphatic carbocycles. The Balaban J connectivity index is 1.85. The minimum Gasteiger partial charge on any atom is -0.383 e. The van der Waals surface area contributed by atoms with Gasteiger partial charge in [-0.2, -0.15) is 0 Å². The van der Waals surface area contributed by atoms with E-state index in [9.17, 15) is 24.5 Å². The second kappa shape index (κ2) is 7.89. The average Bonchev–Trinajstić information content (AvgIpc) is 2.76. The number of benzene rings is 1. The smallest absolute Gasteiger partial charge is 0.330 e. The monoisotopic (exact) mass is 431 g/mol. The van der Waals surface area contributed by atoms with Crippen molar-refractivity contribution in [3.05, 3.63) is 33.9 Å². The molecule has 3 aliphatic heterocycles. The highest BCUT2D eigenvalue weighted by Crippen LogP contribution is 2.46. The van der Waals surface area contributed by atoms with E-state index in [1.54, 1.807) is 6.07 Å². The molecular formula is C20H25N5O6. The van der Waals surface area contributed by atoms with Crippen molar-refractivity contribution in [2.75, 3.05) is 51.3 Å². The maximum Gasteiger partial charge on any atom is 0.330 e. The first-order chi connectivity index (χ1) is 14.8. The van der Waals surface area contributed by atoms with Gasteiger partial charge in [-0.3, -0.25) is 34.8 Å². The number of piperazine rings is 1. The number of imide groups is 2. The Morgan fingerprint density at radius 1 is 1.29 bits per heavy atom. The van der Waals surface area contributed by atoms with Crippen molar-refractivity contribution < 1.29 is 24.0 Å². The van der Waals surface area contributed by atoms with Crippen LogP contribution in [0.3, 0.4) is 0 Å². The van der Waals surface area contributed by atoms with Crippen LogP contribution in [-0.4, -0.2) is 85.1 Å². The van der Waals surface area contributed by atoms with E-state index in [2.05, 4.69) is 10.2 Å². The highest BCUT2D eigenvalue weighted by Gasteiger charge is 2.62. The molecule has 1 aromatic carbocycles. The number of ether oxygens (including phenoxy) is 1. The van der Waals surface area contributed by atoms with Crippen molar-refractivity contribution in [2.24, 2.45) is 5.41 Å². The summed E-state index contributed by atoms with van der Waals surface area (Å²) >= 11 is 0. The SMILES string of the molecule is CCN1CCN2c3ccc([N+](=O)[O-])cc3C[C@]3(C(=O)NC(=O)N(CCOC)C3=O)[C@H]2C1. The third-order valence-electron chi connectivity index (χ3n) is 6.55. The zero-order valence-corrected chi connectivity index (χ0v) is 17.5. The molecule has 2 fully saturated rings. The lowest BCUT2D eigenvalue weighted by molar-refractivity contribution is -0.384. The van der Waals surface area contributed by atoms with Crippen molar-refractivity contribution in [2.45, 2.75) is 19.4 Å². The lowest BCUT2D eigenvalue weighted by Gasteiger charge is -2.55. The van der Waals surface area contributed by atoms with E-state index in [1.165, 1.54) is 19.2 Å². The number of nitrogens with one attached hydrogen (secondary N) is 1. The first kappa shape index (κ1) is 21.2. The van der Waals surface area contributed by atoms with Gasteiger partial charge in [-0.25, -0.2) is 4.79 Å². The number of urea groups is 1. The van der Waals surface area contributed by atoms with Crippen LogP contribution in [0.15, 0.2) is 18.2 Å². The number of carbonyl (C=O) groups excluding carboxylic acids is 3. The van der Waals surface area contributed by atoms with E-state index >= 15 is 0 Å². The zero-order valence-electron chi connectivity index (χ0n) is 17.5. The van der Waals surface area contributed by atoms with Crippen molar-refractivity contribution in [3.8, 4) is 0 Å². The standard InChI is InChI=1S/C20H25N5O6/c1-3-22-6-7-23-15-5-4-14(25(29)30)10-13(15)11-20(16(23)12-22)17(26)21-19(28)24(18(20)27)8-9-31-2/h4-5,10,16H,3,6-9,11-12H2,1-2H3,(H,21,26,28)/t16-,20-/m1/s1. The Morgan fingerprint density at radius 3 is 2.74 bits per heavy atom. The summed E-state index contributed by atoms with van der Waals surface area (Å²) in [4.78, 5) is 55.5. The van der Waals surface area contributed by atoms with Crippen LogP contribution in [0.1, 0.15) is 12.5 Å². The van der Waals surface area contributed by atoms with Gasteiger partial charge in [0.05, 0.1) is 24.1 Å². The highest BCUT2D eigenvalue weighted by molar-refractivity contribution is 6.20. The summed E-state index contributed by atoms with van der Waals surface area (Å²) in [5.74, 6) is -1.23. The van der Waals surface area contributed by atoms with E-state index in [1.807, 2.05) is 11.8 Å².